The van der Waals surface area contributed by atoms with Crippen LogP contribution in [-0.4, -0.2) is 33.5 Å². The number of nitrogens with one attached hydrogen (secondary N) is 1. The summed E-state index contributed by atoms with van der Waals surface area (Å²) in [7, 11) is 0. The van der Waals surface area contributed by atoms with E-state index in [-0.39, 0.29) is 0 Å². The van der Waals surface area contributed by atoms with Crippen LogP contribution in [0.1, 0.15) is 18.1 Å². The Kier molecular flexibility index (Phi) is 9.91. The highest BCUT2D eigenvalue weighted by molar-refractivity contribution is 6.30. The summed E-state index contributed by atoms with van der Waals surface area (Å²) in [4.78, 5) is 19.1. The molecule has 0 fully saturated rings. The average molecular weight is 419 g/mol. The van der Waals surface area contributed by atoms with Gasteiger partial charge in [-0.3, -0.25) is 5.32 Å². The molecular formula is C20H19ClN2O6. The van der Waals surface area contributed by atoms with Gasteiger partial charge in [-0.2, -0.15) is 5.26 Å². The van der Waals surface area contributed by atoms with Crippen molar-refractivity contribution in [2.45, 2.75) is 19.7 Å². The van der Waals surface area contributed by atoms with Crippen molar-refractivity contribution in [3.05, 3.63) is 70.8 Å². The molecule has 0 bridgehead atoms. The number of nitriles is 1. The lowest BCUT2D eigenvalue weighted by molar-refractivity contribution is -0.134. The number of aliphatic hydroxyl groups is 1. The molecule has 0 radical (unpaired) electrons. The normalized spacial score (nSPS) is 11.1. The predicted octanol–water partition coefficient (Wildman–Crippen LogP) is 3.14. The van der Waals surface area contributed by atoms with Crippen LogP contribution >= 0.6 is 11.6 Å². The van der Waals surface area contributed by atoms with Gasteiger partial charge in [-0.15, -0.1) is 0 Å². The van der Waals surface area contributed by atoms with Crippen molar-refractivity contribution >= 4 is 23.5 Å². The molecule has 29 heavy (non-hydrogen) atoms. The van der Waals surface area contributed by atoms with E-state index < -0.39 is 18.2 Å². The van der Waals surface area contributed by atoms with Crippen molar-refractivity contribution in [1.29, 1.82) is 5.26 Å². The lowest BCUT2D eigenvalue weighted by atomic mass is 10.2. The number of carboxylic acid groups (broad SMARTS) is 2. The van der Waals surface area contributed by atoms with Crippen molar-refractivity contribution in [3.8, 4) is 17.6 Å². The summed E-state index contributed by atoms with van der Waals surface area (Å²) in [6, 6.07) is 14.4. The molecule has 0 aliphatic rings. The topological polar surface area (TPSA) is 140 Å². The van der Waals surface area contributed by atoms with Crippen LogP contribution in [0.25, 0.3) is 0 Å². The molecule has 0 aliphatic carbocycles. The van der Waals surface area contributed by atoms with Crippen LogP contribution in [0, 0.1) is 11.3 Å². The lowest BCUT2D eigenvalue weighted by Crippen LogP contribution is -2.24. The maximum absolute atomic E-state index is 9.55. The van der Waals surface area contributed by atoms with E-state index >= 15 is 0 Å². The summed E-state index contributed by atoms with van der Waals surface area (Å²) in [5, 5.41) is 37.3. The van der Waals surface area contributed by atoms with E-state index in [2.05, 4.69) is 11.4 Å². The minimum atomic E-state index is -1.26. The molecule has 9 heteroatoms. The van der Waals surface area contributed by atoms with Gasteiger partial charge in [0.2, 0.25) is 0 Å². The highest BCUT2D eigenvalue weighted by atomic mass is 35.5. The number of carbonyl (C=O) groups is 2. The number of hydrogen-bond acceptors (Lipinski definition) is 6. The maximum atomic E-state index is 9.55. The Bertz CT molecular complexity index is 905. The Labute approximate surface area is 172 Å². The molecular weight excluding hydrogens is 400 g/mol. The Morgan fingerprint density at radius 2 is 1.86 bits per heavy atom. The fraction of sp³-hybridized carbons (Fsp3) is 0.150. The Morgan fingerprint density at radius 3 is 2.41 bits per heavy atom. The van der Waals surface area contributed by atoms with E-state index in [0.29, 0.717) is 40.8 Å². The fourth-order valence-electron chi connectivity index (χ4n) is 1.93. The van der Waals surface area contributed by atoms with Gasteiger partial charge in [0.15, 0.2) is 0 Å². The molecule has 152 valence electrons. The van der Waals surface area contributed by atoms with Crippen LogP contribution in [0.5, 0.6) is 11.5 Å². The molecule has 0 spiro atoms. The lowest BCUT2D eigenvalue weighted by Gasteiger charge is -2.11. The van der Waals surface area contributed by atoms with Crippen LogP contribution in [-0.2, 0) is 16.1 Å². The molecule has 0 amide bonds. The second-order valence-corrected chi connectivity index (χ2v) is 6.00. The van der Waals surface area contributed by atoms with E-state index in [1.54, 1.807) is 31.2 Å². The number of ether oxygens (including phenoxy) is 1. The molecule has 1 unspecified atom stereocenters. The zero-order valence-electron chi connectivity index (χ0n) is 15.4. The number of nitrogens with zero attached hydrogens (tertiary/aromatic N) is 1. The van der Waals surface area contributed by atoms with E-state index in [4.69, 9.17) is 31.8 Å². The monoisotopic (exact) mass is 418 g/mol. The molecule has 0 saturated heterocycles. The molecule has 0 heterocycles. The zero-order valence-corrected chi connectivity index (χ0v) is 16.1. The van der Waals surface area contributed by atoms with Gasteiger partial charge in [-0.25, -0.2) is 9.59 Å². The first-order valence-corrected chi connectivity index (χ1v) is 8.61. The Balaban J connectivity index is 0.000000447. The third-order valence-electron chi connectivity index (χ3n) is 3.16. The van der Waals surface area contributed by atoms with Crippen molar-refractivity contribution in [2.75, 3.05) is 0 Å². The second-order valence-electron chi connectivity index (χ2n) is 5.57. The quantitative estimate of drug-likeness (QED) is 0.397. The first-order chi connectivity index (χ1) is 13.7. The summed E-state index contributed by atoms with van der Waals surface area (Å²) in [6.45, 7) is 2.18. The average Bonchev–Trinajstić information content (AvgIpc) is 2.66. The Hall–Kier alpha value is -3.38. The van der Waals surface area contributed by atoms with Crippen molar-refractivity contribution < 1.29 is 29.6 Å². The molecule has 2 aromatic carbocycles. The number of aliphatic hydroxyl groups excluding tert-OH is 1. The van der Waals surface area contributed by atoms with Gasteiger partial charge in [0.1, 0.15) is 23.8 Å². The number of rotatable bonds is 7. The molecule has 2 aromatic rings. The first-order valence-electron chi connectivity index (χ1n) is 8.23. The Morgan fingerprint density at radius 1 is 1.21 bits per heavy atom. The third-order valence-corrected chi connectivity index (χ3v) is 3.40. The molecule has 0 saturated carbocycles. The van der Waals surface area contributed by atoms with Gasteiger partial charge in [0, 0.05) is 29.8 Å². The van der Waals surface area contributed by atoms with E-state index in [1.807, 2.05) is 18.2 Å². The predicted molar refractivity (Wildman–Crippen MR) is 106 cm³/mol. The third kappa shape index (κ3) is 9.93. The molecule has 4 N–H and O–H groups in total. The van der Waals surface area contributed by atoms with Crippen molar-refractivity contribution in [1.82, 2.24) is 5.32 Å². The molecule has 0 aliphatic heterocycles. The number of halogens is 1. The SMILES string of the molecule is CC(O)NCc1cccc(Oc2cc(Cl)ccc2C#N)c1.O=C(O)C=CC(=O)O. The smallest absolute Gasteiger partial charge is 0.328 e. The van der Waals surface area contributed by atoms with Gasteiger partial charge < -0.3 is 20.1 Å². The minimum Gasteiger partial charge on any atom is -0.478 e. The summed E-state index contributed by atoms with van der Waals surface area (Å²) in [5.74, 6) is -1.48. The molecule has 2 rings (SSSR count). The largest absolute Gasteiger partial charge is 0.478 e. The van der Waals surface area contributed by atoms with Crippen LogP contribution in [0.15, 0.2) is 54.6 Å². The van der Waals surface area contributed by atoms with Crippen LogP contribution < -0.4 is 10.1 Å². The van der Waals surface area contributed by atoms with Crippen molar-refractivity contribution in [3.63, 3.8) is 0 Å². The standard InChI is InChI=1S/C16H15ClN2O2.C4H4O4/c1-11(20)19-10-12-3-2-4-15(7-12)21-16-8-14(17)6-5-13(16)9-18;5-3(6)1-2-4(7)8/h2-8,11,19-20H,10H2,1H3;1-2H,(H,5,6)(H,7,8). The van der Waals surface area contributed by atoms with Gasteiger partial charge >= 0.3 is 11.9 Å². The minimum absolute atomic E-state index is 0.422. The van der Waals surface area contributed by atoms with Gasteiger partial charge in [-0.1, -0.05) is 23.7 Å². The molecule has 0 aromatic heterocycles. The summed E-state index contributed by atoms with van der Waals surface area (Å²) >= 11 is 5.93. The number of hydrogen-bond donors (Lipinski definition) is 4. The molecule has 8 nitrogen and oxygen atoms in total. The second kappa shape index (κ2) is 12.2. The molecule has 1 atom stereocenters. The first kappa shape index (κ1) is 23.7. The van der Waals surface area contributed by atoms with Gasteiger partial charge in [0.05, 0.1) is 5.56 Å². The van der Waals surface area contributed by atoms with E-state index in [0.717, 1.165) is 5.56 Å². The number of benzene rings is 2. The fourth-order valence-corrected chi connectivity index (χ4v) is 2.09. The number of carboxylic acids is 2. The highest BCUT2D eigenvalue weighted by Gasteiger charge is 2.06. The van der Waals surface area contributed by atoms with Crippen LogP contribution in [0.2, 0.25) is 5.02 Å². The zero-order chi connectivity index (χ0) is 21.8. The number of aliphatic carboxylic acids is 2. The van der Waals surface area contributed by atoms with Crippen LogP contribution in [0.4, 0.5) is 0 Å². The summed E-state index contributed by atoms with van der Waals surface area (Å²) in [6.07, 6.45) is 0.540. The van der Waals surface area contributed by atoms with Crippen LogP contribution in [0.3, 0.4) is 0 Å². The summed E-state index contributed by atoms with van der Waals surface area (Å²) < 4.78 is 5.73. The van der Waals surface area contributed by atoms with Gasteiger partial charge in [-0.05, 0) is 36.8 Å². The summed E-state index contributed by atoms with van der Waals surface area (Å²) in [5.41, 5.74) is 1.39. The maximum Gasteiger partial charge on any atom is 0.328 e. The van der Waals surface area contributed by atoms with Gasteiger partial charge in [0.25, 0.3) is 0 Å². The highest BCUT2D eigenvalue weighted by Crippen LogP contribution is 2.28. The van der Waals surface area contributed by atoms with Crippen molar-refractivity contribution in [2.24, 2.45) is 0 Å². The van der Waals surface area contributed by atoms with E-state index in [9.17, 15) is 14.7 Å². The van der Waals surface area contributed by atoms with E-state index in [1.165, 1.54) is 0 Å².